The first-order valence-electron chi connectivity index (χ1n) is 6.05. The van der Waals surface area contributed by atoms with E-state index < -0.39 is 5.54 Å². The van der Waals surface area contributed by atoms with Gasteiger partial charge in [-0.15, -0.1) is 0 Å². The molecule has 3 fully saturated rings. The Balaban J connectivity index is 1.84. The third-order valence-electron chi connectivity index (χ3n) is 4.42. The number of nitrogens with one attached hydrogen (secondary N) is 1. The van der Waals surface area contributed by atoms with Gasteiger partial charge in [-0.25, -0.2) is 4.39 Å². The fourth-order valence-corrected chi connectivity index (χ4v) is 3.32. The third kappa shape index (κ3) is 1.15. The van der Waals surface area contributed by atoms with E-state index in [1.165, 1.54) is 6.07 Å². The molecule has 1 aromatic carbocycles. The summed E-state index contributed by atoms with van der Waals surface area (Å²) >= 11 is 0. The minimum Gasteiger partial charge on any atom is -0.372 e. The van der Waals surface area contributed by atoms with Crippen LogP contribution in [0.1, 0.15) is 18.4 Å². The summed E-state index contributed by atoms with van der Waals surface area (Å²) in [5, 5.41) is 0. The highest BCUT2D eigenvalue weighted by atomic mass is 19.1. The number of halogens is 1. The number of benzene rings is 1. The highest BCUT2D eigenvalue weighted by Crippen LogP contribution is 2.59. The zero-order valence-corrected chi connectivity index (χ0v) is 9.41. The largest absolute Gasteiger partial charge is 0.372 e. The molecule has 1 saturated carbocycles. The SMILES string of the molecule is Fc1ccccc1[C@]12COC3(CC3)[C@H]1CON2. The zero-order valence-electron chi connectivity index (χ0n) is 9.41. The fraction of sp³-hybridized carbons (Fsp3) is 0.538. The van der Waals surface area contributed by atoms with Crippen LogP contribution < -0.4 is 5.48 Å². The first kappa shape index (κ1) is 10.00. The average molecular weight is 235 g/mol. The van der Waals surface area contributed by atoms with E-state index in [1.807, 2.05) is 12.1 Å². The van der Waals surface area contributed by atoms with Gasteiger partial charge in [-0.3, -0.25) is 0 Å². The van der Waals surface area contributed by atoms with Crippen molar-refractivity contribution in [3.63, 3.8) is 0 Å². The Hall–Kier alpha value is -0.970. The minimum absolute atomic E-state index is 0.0498. The molecule has 1 spiro atoms. The van der Waals surface area contributed by atoms with Gasteiger partial charge in [-0.05, 0) is 18.9 Å². The average Bonchev–Trinajstić information content (AvgIpc) is 2.89. The Kier molecular flexibility index (Phi) is 1.81. The molecule has 0 amide bonds. The zero-order chi connectivity index (χ0) is 11.5. The third-order valence-corrected chi connectivity index (χ3v) is 4.42. The van der Waals surface area contributed by atoms with Gasteiger partial charge in [0.15, 0.2) is 0 Å². The van der Waals surface area contributed by atoms with Crippen molar-refractivity contribution in [3.05, 3.63) is 35.6 Å². The van der Waals surface area contributed by atoms with E-state index in [2.05, 4.69) is 5.48 Å². The van der Waals surface area contributed by atoms with Gasteiger partial charge in [0.1, 0.15) is 11.4 Å². The number of rotatable bonds is 1. The van der Waals surface area contributed by atoms with Crippen molar-refractivity contribution in [1.29, 1.82) is 0 Å². The maximum Gasteiger partial charge on any atom is 0.128 e. The smallest absolute Gasteiger partial charge is 0.128 e. The van der Waals surface area contributed by atoms with Crippen molar-refractivity contribution in [2.24, 2.45) is 5.92 Å². The van der Waals surface area contributed by atoms with Crippen LogP contribution >= 0.6 is 0 Å². The van der Waals surface area contributed by atoms with E-state index in [9.17, 15) is 4.39 Å². The summed E-state index contributed by atoms with van der Waals surface area (Å²) in [5.74, 6) is 0.0451. The quantitative estimate of drug-likeness (QED) is 0.804. The summed E-state index contributed by atoms with van der Waals surface area (Å²) in [6, 6.07) is 6.90. The Bertz CT molecular complexity index is 474. The van der Waals surface area contributed by atoms with Crippen LogP contribution in [0.2, 0.25) is 0 Å². The molecule has 0 bridgehead atoms. The van der Waals surface area contributed by atoms with E-state index in [1.54, 1.807) is 6.07 Å². The van der Waals surface area contributed by atoms with E-state index in [-0.39, 0.29) is 17.3 Å². The number of ether oxygens (including phenoxy) is 1. The monoisotopic (exact) mass is 235 g/mol. The minimum atomic E-state index is -0.484. The number of hydrogen-bond donors (Lipinski definition) is 1. The molecule has 2 aliphatic heterocycles. The number of hydroxylamine groups is 1. The second-order valence-electron chi connectivity index (χ2n) is 5.27. The lowest BCUT2D eigenvalue weighted by atomic mass is 9.78. The summed E-state index contributed by atoms with van der Waals surface area (Å²) in [7, 11) is 0. The molecular formula is C13H14FNO2. The molecule has 2 saturated heterocycles. The van der Waals surface area contributed by atoms with Gasteiger partial charge in [0.25, 0.3) is 0 Å². The highest BCUT2D eigenvalue weighted by molar-refractivity contribution is 5.33. The van der Waals surface area contributed by atoms with Gasteiger partial charge in [-0.2, -0.15) is 5.48 Å². The van der Waals surface area contributed by atoms with Crippen molar-refractivity contribution in [3.8, 4) is 0 Å². The molecule has 2 atom stereocenters. The van der Waals surface area contributed by atoms with Crippen LogP contribution in [0.15, 0.2) is 24.3 Å². The maximum atomic E-state index is 14.0. The summed E-state index contributed by atoms with van der Waals surface area (Å²) in [6.45, 7) is 1.10. The molecule has 3 aliphatic rings. The normalized spacial score (nSPS) is 37.4. The molecule has 0 radical (unpaired) electrons. The van der Waals surface area contributed by atoms with Gasteiger partial charge in [-0.1, -0.05) is 18.2 Å². The standard InChI is InChI=1S/C13H14FNO2/c14-10-4-2-1-3-9(10)13-8-16-12(5-6-12)11(13)7-17-15-13/h1-4,11,15H,5-8H2/t11-,13-/m1/s1. The van der Waals surface area contributed by atoms with Crippen molar-refractivity contribution in [2.75, 3.05) is 13.2 Å². The molecule has 1 aliphatic carbocycles. The van der Waals surface area contributed by atoms with Gasteiger partial charge in [0.2, 0.25) is 0 Å². The number of hydrogen-bond acceptors (Lipinski definition) is 3. The van der Waals surface area contributed by atoms with Crippen LogP contribution in [0.3, 0.4) is 0 Å². The molecule has 4 rings (SSSR count). The van der Waals surface area contributed by atoms with Crippen LogP contribution in [-0.2, 0) is 15.1 Å². The molecule has 2 heterocycles. The molecular weight excluding hydrogens is 221 g/mol. The lowest BCUT2D eigenvalue weighted by molar-refractivity contribution is -0.00620. The summed E-state index contributed by atoms with van der Waals surface area (Å²) < 4.78 is 19.9. The van der Waals surface area contributed by atoms with Crippen molar-refractivity contribution < 1.29 is 14.0 Å². The second kappa shape index (κ2) is 3.07. The Labute approximate surface area is 98.9 Å². The van der Waals surface area contributed by atoms with E-state index >= 15 is 0 Å². The predicted octanol–water partition coefficient (Wildman–Crippen LogP) is 1.73. The first-order chi connectivity index (χ1) is 8.27. The topological polar surface area (TPSA) is 30.5 Å². The van der Waals surface area contributed by atoms with Crippen LogP contribution in [0.25, 0.3) is 0 Å². The van der Waals surface area contributed by atoms with Crippen molar-refractivity contribution in [1.82, 2.24) is 5.48 Å². The first-order valence-corrected chi connectivity index (χ1v) is 6.05. The molecule has 0 aromatic heterocycles. The Morgan fingerprint density at radius 1 is 1.29 bits per heavy atom. The van der Waals surface area contributed by atoms with E-state index in [0.717, 1.165) is 12.8 Å². The fourth-order valence-electron chi connectivity index (χ4n) is 3.32. The molecule has 90 valence electrons. The number of fused-ring (bicyclic) bond motifs is 2. The maximum absolute atomic E-state index is 14.0. The van der Waals surface area contributed by atoms with Crippen molar-refractivity contribution in [2.45, 2.75) is 24.0 Å². The lowest BCUT2D eigenvalue weighted by Crippen LogP contribution is -2.43. The Morgan fingerprint density at radius 3 is 2.88 bits per heavy atom. The lowest BCUT2D eigenvalue weighted by Gasteiger charge is -2.27. The molecule has 0 unspecified atom stereocenters. The second-order valence-corrected chi connectivity index (χ2v) is 5.27. The molecule has 1 aromatic rings. The van der Waals surface area contributed by atoms with Crippen LogP contribution in [0.4, 0.5) is 4.39 Å². The molecule has 3 nitrogen and oxygen atoms in total. The van der Waals surface area contributed by atoms with E-state index in [0.29, 0.717) is 18.8 Å². The highest BCUT2D eigenvalue weighted by Gasteiger charge is 2.67. The Morgan fingerprint density at radius 2 is 2.12 bits per heavy atom. The van der Waals surface area contributed by atoms with Gasteiger partial charge >= 0.3 is 0 Å². The van der Waals surface area contributed by atoms with Gasteiger partial charge < -0.3 is 9.57 Å². The van der Waals surface area contributed by atoms with Crippen LogP contribution in [0, 0.1) is 11.7 Å². The molecule has 1 N–H and O–H groups in total. The van der Waals surface area contributed by atoms with Crippen LogP contribution in [-0.4, -0.2) is 18.8 Å². The van der Waals surface area contributed by atoms with Crippen LogP contribution in [0.5, 0.6) is 0 Å². The van der Waals surface area contributed by atoms with Gasteiger partial charge in [0.05, 0.1) is 18.8 Å². The van der Waals surface area contributed by atoms with Crippen molar-refractivity contribution >= 4 is 0 Å². The van der Waals surface area contributed by atoms with E-state index in [4.69, 9.17) is 9.57 Å². The molecule has 17 heavy (non-hydrogen) atoms. The summed E-state index contributed by atoms with van der Waals surface area (Å²) in [6.07, 6.45) is 2.14. The molecule has 4 heteroatoms. The predicted molar refractivity (Wildman–Crippen MR) is 58.6 cm³/mol. The summed E-state index contributed by atoms with van der Waals surface area (Å²) in [5.41, 5.74) is 3.16. The van der Waals surface area contributed by atoms with Gasteiger partial charge in [0, 0.05) is 11.5 Å². The summed E-state index contributed by atoms with van der Waals surface area (Å²) in [4.78, 5) is 5.40.